The van der Waals surface area contributed by atoms with Gasteiger partial charge in [0, 0.05) is 6.42 Å². The predicted molar refractivity (Wildman–Crippen MR) is 67.1 cm³/mol. The van der Waals surface area contributed by atoms with Gasteiger partial charge >= 0.3 is 11.7 Å². The van der Waals surface area contributed by atoms with E-state index in [0.29, 0.717) is 17.2 Å². The van der Waals surface area contributed by atoms with Crippen LogP contribution in [0.2, 0.25) is 0 Å². The number of aliphatic hydroxyl groups is 1. The maximum absolute atomic E-state index is 14.3. The number of hydrogen-bond donors (Lipinski definition) is 2. The largest absolute Gasteiger partial charge is 0.454 e. The average molecular weight is 320 g/mol. The first-order valence-corrected chi connectivity index (χ1v) is 6.53. The van der Waals surface area contributed by atoms with E-state index in [1.165, 1.54) is 0 Å². The number of carbonyl (C=O) groups is 1. The number of carbonyl (C=O) groups excluding carboxylic acids is 1. The third-order valence-electron chi connectivity index (χ3n) is 3.07. The second-order valence-corrected chi connectivity index (χ2v) is 4.71. The molecule has 4 atom stereocenters. The highest BCUT2D eigenvalue weighted by Crippen LogP contribution is 2.32. The summed E-state index contributed by atoms with van der Waals surface area (Å²) in [5, 5.41) is 9.60. The molecule has 0 spiro atoms. The van der Waals surface area contributed by atoms with Crippen molar-refractivity contribution in [2.24, 2.45) is 0 Å². The van der Waals surface area contributed by atoms with Gasteiger partial charge in [-0.2, -0.15) is 4.39 Å². The molecule has 1 aromatic rings. The zero-order valence-corrected chi connectivity index (χ0v) is 11.5. The van der Waals surface area contributed by atoms with Crippen molar-refractivity contribution >= 4 is 5.97 Å². The first-order valence-electron chi connectivity index (χ1n) is 6.53. The van der Waals surface area contributed by atoms with E-state index in [2.05, 4.69) is 0 Å². The van der Waals surface area contributed by atoms with E-state index in [1.807, 2.05) is 0 Å². The topological polar surface area (TPSA) is 111 Å². The van der Waals surface area contributed by atoms with Crippen LogP contribution in [0.3, 0.4) is 0 Å². The lowest BCUT2D eigenvalue weighted by molar-refractivity contribution is -0.174. The highest BCUT2D eigenvalue weighted by atomic mass is 19.1. The molecule has 0 radical (unpaired) electrons. The van der Waals surface area contributed by atoms with Crippen LogP contribution in [0.4, 0.5) is 8.78 Å². The summed E-state index contributed by atoms with van der Waals surface area (Å²) in [6.07, 6.45) is -6.36. The van der Waals surface area contributed by atoms with Gasteiger partial charge in [-0.15, -0.1) is 0 Å². The Morgan fingerprint density at radius 2 is 2.23 bits per heavy atom. The van der Waals surface area contributed by atoms with Gasteiger partial charge in [-0.3, -0.25) is 19.1 Å². The van der Waals surface area contributed by atoms with Crippen LogP contribution >= 0.6 is 0 Å². The molecule has 0 amide bonds. The summed E-state index contributed by atoms with van der Waals surface area (Å²) < 4.78 is 37.5. The van der Waals surface area contributed by atoms with Gasteiger partial charge < -0.3 is 14.6 Å². The Morgan fingerprint density at radius 3 is 2.86 bits per heavy atom. The maximum Gasteiger partial charge on any atom is 0.330 e. The first kappa shape index (κ1) is 16.3. The molecule has 0 aromatic carbocycles. The van der Waals surface area contributed by atoms with Crippen molar-refractivity contribution in [1.29, 1.82) is 0 Å². The number of aliphatic hydroxyl groups excluding tert-OH is 1. The summed E-state index contributed by atoms with van der Waals surface area (Å²) in [5.41, 5.74) is -2.38. The van der Waals surface area contributed by atoms with E-state index < -0.39 is 47.8 Å². The summed E-state index contributed by atoms with van der Waals surface area (Å²) in [7, 11) is 0. The molecular weight excluding hydrogens is 306 g/mol. The monoisotopic (exact) mass is 320 g/mol. The maximum atomic E-state index is 14.3. The molecule has 1 aromatic heterocycles. The molecule has 10 heteroatoms. The second kappa shape index (κ2) is 6.36. The van der Waals surface area contributed by atoms with Gasteiger partial charge in [0.05, 0.1) is 6.20 Å². The summed E-state index contributed by atoms with van der Waals surface area (Å²) >= 11 is 0. The van der Waals surface area contributed by atoms with Crippen molar-refractivity contribution in [2.45, 2.75) is 44.6 Å². The Balaban J connectivity index is 2.24. The van der Waals surface area contributed by atoms with Crippen LogP contribution in [0.1, 0.15) is 26.0 Å². The smallest absolute Gasteiger partial charge is 0.330 e. The average Bonchev–Trinajstić information content (AvgIpc) is 2.71. The molecule has 1 saturated heterocycles. The van der Waals surface area contributed by atoms with E-state index in [0.717, 1.165) is 0 Å². The molecule has 8 nitrogen and oxygen atoms in total. The van der Waals surface area contributed by atoms with Crippen molar-refractivity contribution in [2.75, 3.05) is 0 Å². The van der Waals surface area contributed by atoms with Gasteiger partial charge in [0.2, 0.25) is 5.82 Å². The summed E-state index contributed by atoms with van der Waals surface area (Å²) in [5.74, 6) is -2.06. The van der Waals surface area contributed by atoms with Crippen LogP contribution in [0.15, 0.2) is 15.8 Å². The minimum Gasteiger partial charge on any atom is -0.454 e. The molecule has 0 saturated carbocycles. The van der Waals surface area contributed by atoms with Crippen LogP contribution in [-0.4, -0.2) is 39.2 Å². The number of hydrogen-bond acceptors (Lipinski definition) is 6. The van der Waals surface area contributed by atoms with Gasteiger partial charge in [-0.25, -0.2) is 9.18 Å². The van der Waals surface area contributed by atoms with Crippen LogP contribution in [0.5, 0.6) is 0 Å². The Hall–Kier alpha value is -2.07. The Morgan fingerprint density at radius 1 is 1.55 bits per heavy atom. The molecule has 0 aliphatic carbocycles. The zero-order valence-electron chi connectivity index (χ0n) is 11.5. The number of nitrogens with one attached hydrogen (secondary N) is 1. The van der Waals surface area contributed by atoms with Crippen molar-refractivity contribution in [3.63, 3.8) is 0 Å². The van der Waals surface area contributed by atoms with Crippen LogP contribution in [0.25, 0.3) is 0 Å². The van der Waals surface area contributed by atoms with Crippen molar-refractivity contribution in [3.8, 4) is 0 Å². The Bertz CT molecular complexity index is 672. The minimum absolute atomic E-state index is 0.0217. The number of rotatable bonds is 4. The molecule has 2 rings (SSSR count). The van der Waals surface area contributed by atoms with Gasteiger partial charge in [0.15, 0.2) is 24.8 Å². The summed E-state index contributed by atoms with van der Waals surface area (Å²) in [4.78, 5) is 35.5. The molecular formula is C12H14F2N2O6. The molecule has 2 N–H and O–H groups in total. The Labute approximate surface area is 122 Å². The SMILES string of the molecule is CCCC(=O)OC1C(O)OC(n2cc(F)c(=O)[nH]c2=O)C1F. The molecule has 0 bridgehead atoms. The van der Waals surface area contributed by atoms with Crippen molar-refractivity contribution in [3.05, 3.63) is 32.9 Å². The highest BCUT2D eigenvalue weighted by molar-refractivity contribution is 5.69. The third kappa shape index (κ3) is 3.07. The lowest BCUT2D eigenvalue weighted by atomic mass is 10.2. The van der Waals surface area contributed by atoms with Gasteiger partial charge in [0.1, 0.15) is 0 Å². The van der Waals surface area contributed by atoms with Gasteiger partial charge in [-0.1, -0.05) is 6.92 Å². The third-order valence-corrected chi connectivity index (χ3v) is 3.07. The molecule has 1 aliphatic heterocycles. The number of H-pyrrole nitrogens is 1. The quantitative estimate of drug-likeness (QED) is 0.729. The first-order chi connectivity index (χ1) is 10.3. The number of nitrogens with zero attached hydrogens (tertiary/aromatic N) is 1. The molecule has 122 valence electrons. The van der Waals surface area contributed by atoms with Crippen LogP contribution in [-0.2, 0) is 14.3 Å². The Kier molecular flexibility index (Phi) is 4.71. The fourth-order valence-corrected chi connectivity index (χ4v) is 2.02. The zero-order chi connectivity index (χ0) is 16.4. The second-order valence-electron chi connectivity index (χ2n) is 4.71. The lowest BCUT2D eigenvalue weighted by Gasteiger charge is -2.17. The fourth-order valence-electron chi connectivity index (χ4n) is 2.02. The van der Waals surface area contributed by atoms with E-state index in [4.69, 9.17) is 9.47 Å². The molecule has 4 unspecified atom stereocenters. The van der Waals surface area contributed by atoms with E-state index in [-0.39, 0.29) is 6.42 Å². The van der Waals surface area contributed by atoms with E-state index >= 15 is 0 Å². The number of esters is 1. The number of alkyl halides is 1. The van der Waals surface area contributed by atoms with E-state index in [1.54, 1.807) is 11.9 Å². The summed E-state index contributed by atoms with van der Waals surface area (Å²) in [6, 6.07) is 0. The number of ether oxygens (including phenoxy) is 2. The molecule has 2 heterocycles. The lowest BCUT2D eigenvalue weighted by Crippen LogP contribution is -2.38. The van der Waals surface area contributed by atoms with Crippen molar-refractivity contribution in [1.82, 2.24) is 9.55 Å². The minimum atomic E-state index is -2.11. The predicted octanol–water partition coefficient (Wildman–Crippen LogP) is -0.427. The highest BCUT2D eigenvalue weighted by Gasteiger charge is 2.48. The van der Waals surface area contributed by atoms with Crippen molar-refractivity contribution < 1.29 is 28.2 Å². The van der Waals surface area contributed by atoms with Gasteiger partial charge in [0.25, 0.3) is 5.56 Å². The van der Waals surface area contributed by atoms with Crippen LogP contribution < -0.4 is 11.2 Å². The number of halogens is 2. The molecule has 1 aliphatic rings. The standard InChI is InChI=1S/C12H14F2N2O6/c1-2-3-6(17)21-8-7(14)10(22-11(8)19)16-4-5(13)9(18)15-12(16)20/h4,7-8,10-11,19H,2-3H2,1H3,(H,15,18,20). The van der Waals surface area contributed by atoms with Gasteiger partial charge in [-0.05, 0) is 6.42 Å². The molecule has 22 heavy (non-hydrogen) atoms. The number of aromatic amines is 1. The molecule has 1 fully saturated rings. The normalized spacial score (nSPS) is 27.8. The summed E-state index contributed by atoms with van der Waals surface area (Å²) in [6.45, 7) is 1.71. The fraction of sp³-hybridized carbons (Fsp3) is 0.583. The van der Waals surface area contributed by atoms with E-state index in [9.17, 15) is 28.3 Å². The number of aromatic nitrogens is 2. The van der Waals surface area contributed by atoms with Crippen LogP contribution in [0, 0.1) is 5.82 Å².